The molecule has 23 heavy (non-hydrogen) atoms. The van der Waals surface area contributed by atoms with Crippen LogP contribution in [0.2, 0.25) is 0 Å². The predicted octanol–water partition coefficient (Wildman–Crippen LogP) is 5.23. The molecule has 1 atom stereocenters. The third-order valence-corrected chi connectivity index (χ3v) is 4.67. The van der Waals surface area contributed by atoms with E-state index in [1.165, 1.54) is 16.9 Å². The minimum Gasteiger partial charge on any atom is -0.381 e. The van der Waals surface area contributed by atoms with E-state index in [0.29, 0.717) is 6.04 Å². The van der Waals surface area contributed by atoms with Crippen LogP contribution < -0.4 is 10.6 Å². The smallest absolute Gasteiger partial charge is 0.0408 e. The zero-order valence-electron chi connectivity index (χ0n) is 13.8. The average Bonchev–Trinajstić information content (AvgIpc) is 3.00. The molecule has 0 aromatic heterocycles. The van der Waals surface area contributed by atoms with Gasteiger partial charge in [0.25, 0.3) is 0 Å². The Kier molecular flexibility index (Phi) is 4.24. The summed E-state index contributed by atoms with van der Waals surface area (Å²) in [5.74, 6) is 0. The number of fused-ring (bicyclic) bond motifs is 1. The van der Waals surface area contributed by atoms with Crippen molar-refractivity contribution in [1.82, 2.24) is 0 Å². The molecule has 118 valence electrons. The Morgan fingerprint density at radius 1 is 1.13 bits per heavy atom. The van der Waals surface area contributed by atoms with Crippen molar-refractivity contribution >= 4 is 11.4 Å². The van der Waals surface area contributed by atoms with Crippen LogP contribution in [0.15, 0.2) is 79.0 Å². The number of nitrogens with one attached hydrogen (secondary N) is 2. The first-order chi connectivity index (χ1) is 11.1. The summed E-state index contributed by atoms with van der Waals surface area (Å²) in [5.41, 5.74) is 4.86. The maximum atomic E-state index is 3.88. The molecule has 2 aromatic carbocycles. The molecule has 1 heterocycles. The molecule has 2 N–H and O–H groups in total. The van der Waals surface area contributed by atoms with Crippen molar-refractivity contribution < 1.29 is 0 Å². The first-order valence-corrected chi connectivity index (χ1v) is 8.11. The molecule has 0 saturated heterocycles. The summed E-state index contributed by atoms with van der Waals surface area (Å²) < 4.78 is 0. The minimum atomic E-state index is -0.0525. The predicted molar refractivity (Wildman–Crippen MR) is 99.7 cm³/mol. The monoisotopic (exact) mass is 304 g/mol. The number of para-hydroxylation sites is 2. The fourth-order valence-corrected chi connectivity index (χ4v) is 3.13. The highest BCUT2D eigenvalue weighted by Crippen LogP contribution is 2.39. The molecule has 0 fully saturated rings. The Morgan fingerprint density at radius 3 is 2.52 bits per heavy atom. The van der Waals surface area contributed by atoms with E-state index in [1.807, 2.05) is 24.3 Å². The number of anilines is 2. The molecule has 0 unspecified atom stereocenters. The molecule has 0 spiro atoms. The molecule has 2 heteroatoms. The highest BCUT2D eigenvalue weighted by Gasteiger charge is 2.37. The van der Waals surface area contributed by atoms with Gasteiger partial charge < -0.3 is 10.6 Å². The van der Waals surface area contributed by atoms with Gasteiger partial charge in [0, 0.05) is 28.5 Å². The van der Waals surface area contributed by atoms with Crippen molar-refractivity contribution in [1.29, 1.82) is 0 Å². The van der Waals surface area contributed by atoms with Gasteiger partial charge >= 0.3 is 0 Å². The van der Waals surface area contributed by atoms with Crippen LogP contribution in [-0.2, 0) is 6.42 Å². The summed E-state index contributed by atoms with van der Waals surface area (Å²) in [4.78, 5) is 0. The molecule has 0 amide bonds. The van der Waals surface area contributed by atoms with Crippen LogP contribution in [-0.4, -0.2) is 6.04 Å². The third kappa shape index (κ3) is 3.16. The van der Waals surface area contributed by atoms with Crippen LogP contribution >= 0.6 is 0 Å². The maximum Gasteiger partial charge on any atom is 0.0408 e. The van der Waals surface area contributed by atoms with Crippen molar-refractivity contribution in [3.05, 3.63) is 84.6 Å². The number of hydrogen-bond donors (Lipinski definition) is 2. The van der Waals surface area contributed by atoms with Gasteiger partial charge in [-0.05, 0) is 36.3 Å². The largest absolute Gasteiger partial charge is 0.381 e. The Morgan fingerprint density at radius 2 is 1.83 bits per heavy atom. The second kappa shape index (κ2) is 6.33. The van der Waals surface area contributed by atoms with Gasteiger partial charge in [0.15, 0.2) is 0 Å². The number of benzene rings is 2. The number of allylic oxidation sites excluding steroid dienone is 2. The van der Waals surface area contributed by atoms with Gasteiger partial charge in [-0.3, -0.25) is 0 Å². The van der Waals surface area contributed by atoms with Crippen LogP contribution in [0.1, 0.15) is 19.4 Å². The van der Waals surface area contributed by atoms with Crippen LogP contribution in [0.4, 0.5) is 11.4 Å². The fraction of sp³-hybridized carbons (Fsp3) is 0.238. The van der Waals surface area contributed by atoms with E-state index < -0.39 is 0 Å². The summed E-state index contributed by atoms with van der Waals surface area (Å²) in [6.07, 6.45) is 4.97. The molecular weight excluding hydrogens is 280 g/mol. The van der Waals surface area contributed by atoms with E-state index in [0.717, 1.165) is 12.1 Å². The van der Waals surface area contributed by atoms with Gasteiger partial charge in [0.05, 0.1) is 0 Å². The molecular formula is C21H24N2. The fourth-order valence-electron chi connectivity index (χ4n) is 3.13. The molecule has 0 radical (unpaired) electrons. The second-order valence-corrected chi connectivity index (χ2v) is 6.59. The molecule has 0 aliphatic carbocycles. The zero-order chi connectivity index (χ0) is 16.3. The average molecular weight is 304 g/mol. The summed E-state index contributed by atoms with van der Waals surface area (Å²) in [6, 6.07) is 19.2. The summed E-state index contributed by atoms with van der Waals surface area (Å²) in [6.45, 7) is 8.44. The third-order valence-electron chi connectivity index (χ3n) is 4.67. The van der Waals surface area contributed by atoms with Crippen molar-refractivity contribution in [3.63, 3.8) is 0 Å². The Hall–Kier alpha value is -2.48. The van der Waals surface area contributed by atoms with Crippen molar-refractivity contribution in [2.45, 2.75) is 26.3 Å². The summed E-state index contributed by atoms with van der Waals surface area (Å²) >= 11 is 0. The van der Waals surface area contributed by atoms with Crippen LogP contribution in [0.3, 0.4) is 0 Å². The molecule has 2 aromatic rings. The van der Waals surface area contributed by atoms with Gasteiger partial charge in [-0.2, -0.15) is 0 Å². The lowest BCUT2D eigenvalue weighted by Crippen LogP contribution is -2.38. The van der Waals surface area contributed by atoms with Gasteiger partial charge in [0.2, 0.25) is 0 Å². The van der Waals surface area contributed by atoms with Crippen molar-refractivity contribution in [2.75, 3.05) is 10.6 Å². The molecule has 1 aliphatic rings. The minimum absolute atomic E-state index is 0.0525. The number of rotatable bonds is 5. The topological polar surface area (TPSA) is 24.1 Å². The summed E-state index contributed by atoms with van der Waals surface area (Å²) in [7, 11) is 0. The Labute approximate surface area is 138 Å². The molecule has 0 bridgehead atoms. The second-order valence-electron chi connectivity index (χ2n) is 6.59. The Balaban J connectivity index is 1.84. The van der Waals surface area contributed by atoms with E-state index in [9.17, 15) is 0 Å². The molecule has 0 saturated carbocycles. The van der Waals surface area contributed by atoms with Gasteiger partial charge in [0.1, 0.15) is 0 Å². The van der Waals surface area contributed by atoms with E-state index in [1.54, 1.807) is 0 Å². The van der Waals surface area contributed by atoms with Gasteiger partial charge in [-0.15, -0.1) is 0 Å². The highest BCUT2D eigenvalue weighted by molar-refractivity contribution is 5.59. The zero-order valence-corrected chi connectivity index (χ0v) is 13.8. The normalized spacial score (nSPS) is 17.3. The van der Waals surface area contributed by atoms with E-state index >= 15 is 0 Å². The summed E-state index contributed by atoms with van der Waals surface area (Å²) in [5, 5.41) is 7.26. The standard InChI is InChI=1S/C21H24N2/c1-4-10-19(22-17-12-6-5-7-13-17)21(2,3)20-15-16-11-8-9-14-18(16)23-20/h4-14,20,22-23H,1,15H2,2-3H3/b19-10+/t20-/m0/s1. The van der Waals surface area contributed by atoms with Crippen LogP contribution in [0, 0.1) is 5.41 Å². The van der Waals surface area contributed by atoms with Crippen LogP contribution in [0.25, 0.3) is 0 Å². The lowest BCUT2D eigenvalue weighted by Gasteiger charge is -2.35. The first-order valence-electron chi connectivity index (χ1n) is 8.11. The quantitative estimate of drug-likeness (QED) is 0.739. The molecule has 1 aliphatic heterocycles. The van der Waals surface area contributed by atoms with Gasteiger partial charge in [-0.25, -0.2) is 0 Å². The maximum absolute atomic E-state index is 3.88. The first kappa shape index (κ1) is 15.4. The van der Waals surface area contributed by atoms with Crippen molar-refractivity contribution in [2.24, 2.45) is 5.41 Å². The SMILES string of the molecule is C=C/C=C(/Nc1ccccc1)C(C)(C)[C@@H]1Cc2ccccc2N1. The highest BCUT2D eigenvalue weighted by atomic mass is 15.0. The van der Waals surface area contributed by atoms with E-state index in [2.05, 4.69) is 73.5 Å². The van der Waals surface area contributed by atoms with Gasteiger partial charge in [-0.1, -0.05) is 62.9 Å². The Bertz CT molecular complexity index is 689. The lowest BCUT2D eigenvalue weighted by atomic mass is 9.79. The van der Waals surface area contributed by atoms with E-state index in [4.69, 9.17) is 0 Å². The molecule has 3 rings (SSSR count). The van der Waals surface area contributed by atoms with Crippen LogP contribution in [0.5, 0.6) is 0 Å². The van der Waals surface area contributed by atoms with Crippen molar-refractivity contribution in [3.8, 4) is 0 Å². The lowest BCUT2D eigenvalue weighted by molar-refractivity contribution is 0.378. The number of hydrogen-bond acceptors (Lipinski definition) is 2. The molecule has 2 nitrogen and oxygen atoms in total. The van der Waals surface area contributed by atoms with E-state index in [-0.39, 0.29) is 5.41 Å².